The van der Waals surface area contributed by atoms with Crippen LogP contribution in [0.15, 0.2) is 18.2 Å². The summed E-state index contributed by atoms with van der Waals surface area (Å²) in [7, 11) is 0. The van der Waals surface area contributed by atoms with Crippen LogP contribution in [-0.2, 0) is 0 Å². The third-order valence-electron chi connectivity index (χ3n) is 4.09. The Morgan fingerprint density at radius 2 is 1.79 bits per heavy atom. The molecular weight excluding hydrogens is 252 g/mol. The van der Waals surface area contributed by atoms with Crippen molar-refractivity contribution in [1.82, 2.24) is 4.98 Å². The summed E-state index contributed by atoms with van der Waals surface area (Å²) >= 11 is 1.69. The van der Waals surface area contributed by atoms with Crippen molar-refractivity contribution in [2.24, 2.45) is 0 Å². The summed E-state index contributed by atoms with van der Waals surface area (Å²) in [6.45, 7) is 4.27. The molecule has 0 spiro atoms. The van der Waals surface area contributed by atoms with Crippen LogP contribution in [0, 0.1) is 13.8 Å². The maximum Gasteiger partial charge on any atom is 0.114 e. The van der Waals surface area contributed by atoms with Crippen molar-refractivity contribution in [3.63, 3.8) is 0 Å². The van der Waals surface area contributed by atoms with Crippen LogP contribution >= 0.6 is 11.3 Å². The van der Waals surface area contributed by atoms with Crippen LogP contribution in [0.4, 0.5) is 5.00 Å². The molecule has 1 fully saturated rings. The maximum absolute atomic E-state index is 6.23. The van der Waals surface area contributed by atoms with Crippen molar-refractivity contribution >= 4 is 16.3 Å². The highest BCUT2D eigenvalue weighted by Crippen LogP contribution is 2.41. The lowest BCUT2D eigenvalue weighted by molar-refractivity contribution is 0.717. The summed E-state index contributed by atoms with van der Waals surface area (Å²) in [5.41, 5.74) is 11.0. The first kappa shape index (κ1) is 12.7. The lowest BCUT2D eigenvalue weighted by Crippen LogP contribution is -1.94. The van der Waals surface area contributed by atoms with E-state index in [1.807, 2.05) is 0 Å². The zero-order chi connectivity index (χ0) is 13.4. The Kier molecular flexibility index (Phi) is 3.31. The van der Waals surface area contributed by atoms with Gasteiger partial charge in [-0.1, -0.05) is 31.0 Å². The molecule has 0 aliphatic heterocycles. The number of nitrogens with two attached hydrogens (primary N) is 1. The zero-order valence-corrected chi connectivity index (χ0v) is 12.4. The summed E-state index contributed by atoms with van der Waals surface area (Å²) in [6, 6.07) is 6.36. The second kappa shape index (κ2) is 4.97. The Labute approximate surface area is 118 Å². The Balaban J connectivity index is 2.05. The van der Waals surface area contributed by atoms with Crippen LogP contribution in [0.2, 0.25) is 0 Å². The molecule has 2 nitrogen and oxygen atoms in total. The summed E-state index contributed by atoms with van der Waals surface area (Å²) in [6.07, 6.45) is 5.23. The monoisotopic (exact) mass is 272 g/mol. The highest BCUT2D eigenvalue weighted by atomic mass is 32.1. The predicted octanol–water partition coefficient (Wildman–Crippen LogP) is 4.67. The molecule has 1 saturated carbocycles. The quantitative estimate of drug-likeness (QED) is 0.863. The van der Waals surface area contributed by atoms with E-state index in [4.69, 9.17) is 10.7 Å². The molecule has 0 saturated heterocycles. The Morgan fingerprint density at radius 3 is 2.42 bits per heavy atom. The molecule has 3 heteroatoms. The third kappa shape index (κ3) is 2.27. The fourth-order valence-electron chi connectivity index (χ4n) is 3.06. The number of nitrogens with zero attached hydrogens (tertiary/aromatic N) is 1. The first-order valence-electron chi connectivity index (χ1n) is 6.99. The van der Waals surface area contributed by atoms with E-state index < -0.39 is 0 Å². The number of nitrogen functional groups attached to an aromatic ring is 1. The van der Waals surface area contributed by atoms with Crippen molar-refractivity contribution in [3.8, 4) is 11.3 Å². The molecule has 1 aromatic carbocycles. The second-order valence-electron chi connectivity index (χ2n) is 5.51. The smallest absolute Gasteiger partial charge is 0.114 e. The van der Waals surface area contributed by atoms with Gasteiger partial charge in [-0.3, -0.25) is 0 Å². The lowest BCUT2D eigenvalue weighted by Gasteiger charge is -2.08. The molecule has 0 radical (unpaired) electrons. The van der Waals surface area contributed by atoms with Crippen LogP contribution in [-0.4, -0.2) is 4.98 Å². The number of aryl methyl sites for hydroxylation is 2. The van der Waals surface area contributed by atoms with Gasteiger partial charge in [0.05, 0.1) is 5.01 Å². The van der Waals surface area contributed by atoms with E-state index in [0.29, 0.717) is 5.92 Å². The van der Waals surface area contributed by atoms with Gasteiger partial charge in [0.15, 0.2) is 0 Å². The summed E-state index contributed by atoms with van der Waals surface area (Å²) in [5, 5.41) is 2.12. The van der Waals surface area contributed by atoms with Gasteiger partial charge in [-0.05, 0) is 37.8 Å². The standard InChI is InChI=1S/C16H20N2S/c1-10-6-5-7-11(2)13(10)14-15(17)19-16(18-14)12-8-3-4-9-12/h5-7,12H,3-4,8-9,17H2,1-2H3. The number of benzene rings is 1. The Hall–Kier alpha value is -1.35. The van der Waals surface area contributed by atoms with Crippen LogP contribution in [0.3, 0.4) is 0 Å². The molecule has 19 heavy (non-hydrogen) atoms. The van der Waals surface area contributed by atoms with Gasteiger partial charge in [0.1, 0.15) is 10.7 Å². The van der Waals surface area contributed by atoms with E-state index in [1.54, 1.807) is 11.3 Å². The molecule has 0 bridgehead atoms. The Bertz CT molecular complexity index is 575. The number of anilines is 1. The van der Waals surface area contributed by atoms with Gasteiger partial charge in [0.2, 0.25) is 0 Å². The van der Waals surface area contributed by atoms with Gasteiger partial charge in [0.25, 0.3) is 0 Å². The van der Waals surface area contributed by atoms with Crippen molar-refractivity contribution in [1.29, 1.82) is 0 Å². The molecule has 1 aliphatic rings. The lowest BCUT2D eigenvalue weighted by atomic mass is 10.0. The average molecular weight is 272 g/mol. The van der Waals surface area contributed by atoms with E-state index in [1.165, 1.54) is 47.4 Å². The van der Waals surface area contributed by atoms with E-state index in [9.17, 15) is 0 Å². The summed E-state index contributed by atoms with van der Waals surface area (Å²) in [4.78, 5) is 4.88. The largest absolute Gasteiger partial charge is 0.389 e. The first-order chi connectivity index (χ1) is 9.16. The maximum atomic E-state index is 6.23. The van der Waals surface area contributed by atoms with E-state index in [-0.39, 0.29) is 0 Å². The topological polar surface area (TPSA) is 38.9 Å². The molecule has 100 valence electrons. The molecule has 0 unspecified atom stereocenters. The highest BCUT2D eigenvalue weighted by Gasteiger charge is 2.23. The van der Waals surface area contributed by atoms with Crippen LogP contribution in [0.5, 0.6) is 0 Å². The van der Waals surface area contributed by atoms with Gasteiger partial charge in [-0.15, -0.1) is 11.3 Å². The van der Waals surface area contributed by atoms with Gasteiger partial charge in [-0.2, -0.15) is 0 Å². The minimum atomic E-state index is 0.644. The van der Waals surface area contributed by atoms with E-state index in [0.717, 1.165) is 10.7 Å². The summed E-state index contributed by atoms with van der Waals surface area (Å²) in [5.74, 6) is 0.644. The number of hydrogen-bond donors (Lipinski definition) is 1. The minimum Gasteiger partial charge on any atom is -0.389 e. The molecule has 1 aliphatic carbocycles. The molecule has 0 amide bonds. The average Bonchev–Trinajstić information content (AvgIpc) is 2.99. The molecule has 1 heterocycles. The molecule has 0 atom stereocenters. The number of aromatic nitrogens is 1. The highest BCUT2D eigenvalue weighted by molar-refractivity contribution is 7.16. The van der Waals surface area contributed by atoms with Gasteiger partial charge in [0, 0.05) is 11.5 Å². The predicted molar refractivity (Wildman–Crippen MR) is 82.6 cm³/mol. The second-order valence-corrected chi connectivity index (χ2v) is 6.58. The number of rotatable bonds is 2. The van der Waals surface area contributed by atoms with Crippen molar-refractivity contribution in [2.75, 3.05) is 5.73 Å². The van der Waals surface area contributed by atoms with Crippen LogP contribution in [0.25, 0.3) is 11.3 Å². The SMILES string of the molecule is Cc1cccc(C)c1-c1nc(C2CCCC2)sc1N. The molecule has 3 rings (SSSR count). The minimum absolute atomic E-state index is 0.644. The number of hydrogen-bond acceptors (Lipinski definition) is 3. The molecule has 2 aromatic rings. The van der Waals surface area contributed by atoms with E-state index in [2.05, 4.69) is 32.0 Å². The van der Waals surface area contributed by atoms with Crippen molar-refractivity contribution in [2.45, 2.75) is 45.4 Å². The molecule has 2 N–H and O–H groups in total. The molecular formula is C16H20N2S. The van der Waals surface area contributed by atoms with Gasteiger partial charge >= 0.3 is 0 Å². The fourth-order valence-corrected chi connectivity index (χ4v) is 4.07. The summed E-state index contributed by atoms with van der Waals surface area (Å²) < 4.78 is 0. The van der Waals surface area contributed by atoms with Crippen LogP contribution in [0.1, 0.15) is 47.7 Å². The fraction of sp³-hybridized carbons (Fsp3) is 0.438. The zero-order valence-electron chi connectivity index (χ0n) is 11.6. The van der Waals surface area contributed by atoms with E-state index >= 15 is 0 Å². The number of thiazole rings is 1. The molecule has 1 aromatic heterocycles. The normalized spacial score (nSPS) is 16.1. The Morgan fingerprint density at radius 1 is 1.16 bits per heavy atom. The first-order valence-corrected chi connectivity index (χ1v) is 7.81. The van der Waals surface area contributed by atoms with Gasteiger partial charge in [-0.25, -0.2) is 4.98 Å². The third-order valence-corrected chi connectivity index (χ3v) is 5.14. The van der Waals surface area contributed by atoms with Crippen molar-refractivity contribution in [3.05, 3.63) is 34.3 Å². The van der Waals surface area contributed by atoms with Gasteiger partial charge < -0.3 is 5.73 Å². The van der Waals surface area contributed by atoms with Crippen LogP contribution < -0.4 is 5.73 Å². The van der Waals surface area contributed by atoms with Crippen molar-refractivity contribution < 1.29 is 0 Å².